The molecule has 0 radical (unpaired) electrons. The summed E-state index contributed by atoms with van der Waals surface area (Å²) in [5, 5.41) is 15.6. The first-order chi connectivity index (χ1) is 19.6. The van der Waals surface area contributed by atoms with Gasteiger partial charge in [-0.25, -0.2) is 14.1 Å². The topological polar surface area (TPSA) is 157 Å². The van der Waals surface area contributed by atoms with Crippen LogP contribution in [0.2, 0.25) is 0 Å². The number of benzene rings is 3. The number of hydrogen-bond donors (Lipinski definition) is 2. The number of barbiturate groups is 1. The van der Waals surface area contributed by atoms with Gasteiger partial charge in [0.05, 0.1) is 27.4 Å². The number of non-ortho nitro benzene ring substituents is 1. The van der Waals surface area contributed by atoms with E-state index in [-0.39, 0.29) is 40.7 Å². The Hall–Kier alpha value is -5.11. The van der Waals surface area contributed by atoms with Crippen molar-refractivity contribution in [3.8, 4) is 11.5 Å². The zero-order valence-electron chi connectivity index (χ0n) is 21.2. The highest BCUT2D eigenvalue weighted by Gasteiger charge is 2.37. The van der Waals surface area contributed by atoms with Gasteiger partial charge >= 0.3 is 6.03 Å². The minimum Gasteiger partial charge on any atom is -0.490 e. The van der Waals surface area contributed by atoms with Crippen molar-refractivity contribution in [2.45, 2.75) is 6.92 Å². The van der Waals surface area contributed by atoms with Crippen LogP contribution in [0.15, 0.2) is 70.7 Å². The van der Waals surface area contributed by atoms with Crippen LogP contribution in [0, 0.1) is 15.9 Å². The van der Waals surface area contributed by atoms with E-state index in [0.717, 1.165) is 6.07 Å². The molecule has 12 nitrogen and oxygen atoms in total. The van der Waals surface area contributed by atoms with E-state index < -0.39 is 46.7 Å². The molecule has 41 heavy (non-hydrogen) atoms. The number of amides is 5. The van der Waals surface area contributed by atoms with Gasteiger partial charge in [-0.3, -0.25) is 29.8 Å². The van der Waals surface area contributed by atoms with Gasteiger partial charge in [0, 0.05) is 12.1 Å². The average molecular weight is 627 g/mol. The van der Waals surface area contributed by atoms with Crippen LogP contribution in [-0.4, -0.2) is 41.9 Å². The van der Waals surface area contributed by atoms with Crippen LogP contribution in [0.4, 0.5) is 26.2 Å². The molecule has 1 fully saturated rings. The third-order valence-corrected chi connectivity index (χ3v) is 6.13. The van der Waals surface area contributed by atoms with Gasteiger partial charge < -0.3 is 14.8 Å². The number of halogens is 2. The van der Waals surface area contributed by atoms with Crippen molar-refractivity contribution in [1.82, 2.24) is 5.32 Å². The Morgan fingerprint density at radius 3 is 2.59 bits per heavy atom. The molecule has 1 saturated heterocycles. The Kier molecular flexibility index (Phi) is 8.72. The van der Waals surface area contributed by atoms with E-state index in [9.17, 15) is 33.7 Å². The smallest absolute Gasteiger partial charge is 0.335 e. The number of carbonyl (C=O) groups is 4. The summed E-state index contributed by atoms with van der Waals surface area (Å²) in [7, 11) is 0. The van der Waals surface area contributed by atoms with Gasteiger partial charge in [0.2, 0.25) is 0 Å². The highest BCUT2D eigenvalue weighted by Crippen LogP contribution is 2.38. The molecule has 0 spiro atoms. The van der Waals surface area contributed by atoms with Crippen LogP contribution in [0.25, 0.3) is 6.08 Å². The van der Waals surface area contributed by atoms with Crippen molar-refractivity contribution < 1.29 is 38.0 Å². The summed E-state index contributed by atoms with van der Waals surface area (Å²) < 4.78 is 25.4. The lowest BCUT2D eigenvalue weighted by Crippen LogP contribution is -2.54. The lowest BCUT2D eigenvalue weighted by atomic mass is 10.1. The van der Waals surface area contributed by atoms with Crippen LogP contribution >= 0.6 is 15.9 Å². The van der Waals surface area contributed by atoms with Crippen molar-refractivity contribution >= 4 is 62.8 Å². The zero-order chi connectivity index (χ0) is 29.7. The molecular weight excluding hydrogens is 607 g/mol. The van der Waals surface area contributed by atoms with Gasteiger partial charge in [-0.05, 0) is 64.8 Å². The number of nitrogens with one attached hydrogen (secondary N) is 2. The van der Waals surface area contributed by atoms with Crippen molar-refractivity contribution in [3.63, 3.8) is 0 Å². The predicted molar refractivity (Wildman–Crippen MR) is 148 cm³/mol. The molecule has 2 N–H and O–H groups in total. The van der Waals surface area contributed by atoms with Crippen molar-refractivity contribution in [1.29, 1.82) is 0 Å². The summed E-state index contributed by atoms with van der Waals surface area (Å²) in [6.45, 7) is 1.40. The molecule has 4 rings (SSSR count). The molecule has 0 aliphatic carbocycles. The van der Waals surface area contributed by atoms with E-state index in [4.69, 9.17) is 9.47 Å². The largest absolute Gasteiger partial charge is 0.490 e. The molecule has 0 aromatic heterocycles. The van der Waals surface area contributed by atoms with Crippen LogP contribution in [0.5, 0.6) is 11.5 Å². The molecule has 210 valence electrons. The van der Waals surface area contributed by atoms with E-state index in [0.29, 0.717) is 9.37 Å². The zero-order valence-corrected chi connectivity index (χ0v) is 22.8. The number of carbonyl (C=O) groups excluding carboxylic acids is 4. The van der Waals surface area contributed by atoms with E-state index in [1.165, 1.54) is 54.6 Å². The number of hydrogen-bond acceptors (Lipinski definition) is 8. The van der Waals surface area contributed by atoms with Gasteiger partial charge in [-0.1, -0.05) is 18.2 Å². The minimum atomic E-state index is -1.06. The second-order valence-electron chi connectivity index (χ2n) is 8.31. The molecule has 3 aromatic carbocycles. The number of nitrogens with zero attached hydrogens (tertiary/aromatic N) is 2. The Balaban J connectivity index is 1.60. The number of urea groups is 1. The lowest BCUT2D eigenvalue weighted by molar-refractivity contribution is -0.384. The van der Waals surface area contributed by atoms with E-state index in [1.807, 2.05) is 5.32 Å². The summed E-state index contributed by atoms with van der Waals surface area (Å²) in [5.41, 5.74) is -0.610. The van der Waals surface area contributed by atoms with Gasteiger partial charge in [0.1, 0.15) is 11.4 Å². The number of nitro benzene ring substituents is 1. The maximum absolute atomic E-state index is 13.8. The van der Waals surface area contributed by atoms with Crippen LogP contribution in [-0.2, 0) is 14.4 Å². The standard InChI is InChI=1S/C27H20BrFN4O8/c1-2-40-22-12-15(11-19(28)24(22)41-14-23(34)30-21-9-4-3-8-20(21)29)10-18-25(35)31-27(37)32(26(18)36)16-6-5-7-17(13-16)33(38)39/h3-13H,2,14H2,1H3,(H,30,34)(H,31,35,37)/b18-10-. The van der Waals surface area contributed by atoms with Gasteiger partial charge in [0.15, 0.2) is 18.1 Å². The molecule has 1 aliphatic rings. The summed E-state index contributed by atoms with van der Waals surface area (Å²) in [6.07, 6.45) is 1.20. The number of imide groups is 2. The fraction of sp³-hybridized carbons (Fsp3) is 0.111. The Morgan fingerprint density at radius 1 is 1.12 bits per heavy atom. The molecule has 1 heterocycles. The first-order valence-corrected chi connectivity index (χ1v) is 12.7. The Labute approximate surface area is 240 Å². The Bertz CT molecular complexity index is 1610. The molecule has 0 unspecified atom stereocenters. The molecule has 5 amide bonds. The molecule has 14 heteroatoms. The normalized spacial score (nSPS) is 14.1. The maximum atomic E-state index is 13.8. The quantitative estimate of drug-likeness (QED) is 0.151. The number of nitro groups is 1. The molecule has 1 aliphatic heterocycles. The summed E-state index contributed by atoms with van der Waals surface area (Å²) in [5.74, 6) is -2.93. The van der Waals surface area contributed by atoms with E-state index in [1.54, 1.807) is 13.0 Å². The number of ether oxygens (including phenoxy) is 2. The molecule has 0 bridgehead atoms. The lowest BCUT2D eigenvalue weighted by Gasteiger charge is -2.26. The van der Waals surface area contributed by atoms with Crippen molar-refractivity contribution in [2.24, 2.45) is 0 Å². The van der Waals surface area contributed by atoms with Crippen molar-refractivity contribution in [2.75, 3.05) is 23.4 Å². The highest BCUT2D eigenvalue weighted by molar-refractivity contribution is 9.10. The second-order valence-corrected chi connectivity index (χ2v) is 9.17. The third kappa shape index (κ3) is 6.55. The first-order valence-electron chi connectivity index (χ1n) is 11.9. The summed E-state index contributed by atoms with van der Waals surface area (Å²) >= 11 is 3.33. The average Bonchev–Trinajstić information content (AvgIpc) is 2.92. The Morgan fingerprint density at radius 2 is 1.88 bits per heavy atom. The predicted octanol–water partition coefficient (Wildman–Crippen LogP) is 4.58. The van der Waals surface area contributed by atoms with E-state index >= 15 is 0 Å². The second kappa shape index (κ2) is 12.4. The molecular formula is C27H20BrFN4O8. The number of para-hydroxylation sites is 1. The van der Waals surface area contributed by atoms with Crippen LogP contribution in [0.3, 0.4) is 0 Å². The van der Waals surface area contributed by atoms with Gasteiger partial charge in [-0.15, -0.1) is 0 Å². The monoisotopic (exact) mass is 626 g/mol. The summed E-state index contributed by atoms with van der Waals surface area (Å²) in [6, 6.07) is 12.3. The van der Waals surface area contributed by atoms with Crippen molar-refractivity contribution in [3.05, 3.63) is 92.2 Å². The maximum Gasteiger partial charge on any atom is 0.335 e. The highest BCUT2D eigenvalue weighted by atomic mass is 79.9. The summed E-state index contributed by atoms with van der Waals surface area (Å²) in [4.78, 5) is 61.7. The fourth-order valence-corrected chi connectivity index (χ4v) is 4.34. The number of anilines is 2. The van der Waals surface area contributed by atoms with Crippen LogP contribution in [0.1, 0.15) is 12.5 Å². The van der Waals surface area contributed by atoms with Gasteiger partial charge in [0.25, 0.3) is 23.4 Å². The molecule has 0 saturated carbocycles. The third-order valence-electron chi connectivity index (χ3n) is 5.54. The SMILES string of the molecule is CCOc1cc(/C=C2/C(=O)NC(=O)N(c3cccc([N+](=O)[O-])c3)C2=O)cc(Br)c1OCC(=O)Nc1ccccc1F. The first kappa shape index (κ1) is 28.9. The van der Waals surface area contributed by atoms with Crippen LogP contribution < -0.4 is 25.0 Å². The van der Waals surface area contributed by atoms with E-state index in [2.05, 4.69) is 21.2 Å². The minimum absolute atomic E-state index is 0.0137. The fourth-order valence-electron chi connectivity index (χ4n) is 3.77. The number of rotatable bonds is 9. The van der Waals surface area contributed by atoms with Gasteiger partial charge in [-0.2, -0.15) is 0 Å². The molecule has 3 aromatic rings. The molecule has 0 atom stereocenters.